The number of aromatic nitrogens is 5. The second-order valence-corrected chi connectivity index (χ2v) is 6.73. The number of aryl methyl sites for hydroxylation is 1. The van der Waals surface area contributed by atoms with E-state index in [0.29, 0.717) is 0 Å². The van der Waals surface area contributed by atoms with Crippen molar-refractivity contribution in [2.75, 3.05) is 0 Å². The Morgan fingerprint density at radius 1 is 0.962 bits per heavy atom. The Morgan fingerprint density at radius 3 is 2.69 bits per heavy atom. The molecule has 0 bridgehead atoms. The summed E-state index contributed by atoms with van der Waals surface area (Å²) in [6.45, 7) is 3.82. The predicted molar refractivity (Wildman–Crippen MR) is 106 cm³/mol. The molecule has 0 saturated heterocycles. The first-order valence-electron chi connectivity index (χ1n) is 8.96. The highest BCUT2D eigenvalue weighted by Crippen LogP contribution is 2.34. The van der Waals surface area contributed by atoms with Gasteiger partial charge in [-0.25, -0.2) is 4.98 Å². The molecule has 0 saturated carbocycles. The van der Waals surface area contributed by atoms with Gasteiger partial charge in [0.2, 0.25) is 0 Å². The summed E-state index contributed by atoms with van der Waals surface area (Å²) >= 11 is 0. The molecule has 0 atom stereocenters. The highest BCUT2D eigenvalue weighted by atomic mass is 15.1. The van der Waals surface area contributed by atoms with Crippen molar-refractivity contribution < 1.29 is 0 Å². The lowest BCUT2D eigenvalue weighted by Gasteiger charge is -2.20. The van der Waals surface area contributed by atoms with E-state index in [1.165, 1.54) is 34.7 Å². The van der Waals surface area contributed by atoms with Crippen LogP contribution in [-0.4, -0.2) is 25.4 Å². The molecule has 128 valence electrons. The van der Waals surface area contributed by atoms with Crippen LogP contribution in [0, 0.1) is 0 Å². The lowest BCUT2D eigenvalue weighted by molar-refractivity contribution is 0.686. The second kappa shape index (κ2) is 5.95. The summed E-state index contributed by atoms with van der Waals surface area (Å²) in [6, 6.07) is 4.15. The fraction of sp³-hybridized carbons (Fsp3) is 0.190. The first kappa shape index (κ1) is 15.1. The predicted octanol–water partition coefficient (Wildman–Crippen LogP) is 4.53. The van der Waals surface area contributed by atoms with Crippen molar-refractivity contribution in [3.63, 3.8) is 0 Å². The van der Waals surface area contributed by atoms with Crippen LogP contribution >= 0.6 is 0 Å². The molecule has 0 amide bonds. The maximum atomic E-state index is 4.99. The zero-order valence-electron chi connectivity index (χ0n) is 14.4. The van der Waals surface area contributed by atoms with Gasteiger partial charge in [0, 0.05) is 16.3 Å². The molecule has 1 aromatic carbocycles. The summed E-state index contributed by atoms with van der Waals surface area (Å²) in [5.74, 6) is 0. The van der Waals surface area contributed by atoms with Crippen molar-refractivity contribution in [2.24, 2.45) is 0 Å². The zero-order valence-corrected chi connectivity index (χ0v) is 14.4. The molecule has 0 fully saturated rings. The molecule has 26 heavy (non-hydrogen) atoms. The number of benzene rings is 1. The molecular weight excluding hydrogens is 322 g/mol. The smallest absolute Gasteiger partial charge is 0.0720 e. The van der Waals surface area contributed by atoms with Gasteiger partial charge in [-0.2, -0.15) is 10.2 Å². The molecule has 3 heterocycles. The van der Waals surface area contributed by atoms with Crippen molar-refractivity contribution in [3.05, 3.63) is 59.2 Å². The maximum absolute atomic E-state index is 4.99. The van der Waals surface area contributed by atoms with Crippen molar-refractivity contribution in [1.29, 1.82) is 0 Å². The number of H-pyrrole nitrogens is 2. The van der Waals surface area contributed by atoms with Crippen molar-refractivity contribution >= 4 is 40.0 Å². The summed E-state index contributed by atoms with van der Waals surface area (Å²) in [5, 5.41) is 16.8. The van der Waals surface area contributed by atoms with Crippen LogP contribution in [0.15, 0.2) is 31.1 Å². The first-order valence-corrected chi connectivity index (χ1v) is 8.96. The number of aromatic amines is 2. The van der Waals surface area contributed by atoms with Gasteiger partial charge >= 0.3 is 0 Å². The molecule has 5 heteroatoms. The van der Waals surface area contributed by atoms with E-state index in [0.717, 1.165) is 40.8 Å². The molecule has 0 radical (unpaired) electrons. The van der Waals surface area contributed by atoms with Crippen LogP contribution in [0.2, 0.25) is 0 Å². The van der Waals surface area contributed by atoms with E-state index in [1.807, 2.05) is 12.4 Å². The van der Waals surface area contributed by atoms with Crippen LogP contribution < -0.4 is 0 Å². The van der Waals surface area contributed by atoms with E-state index in [9.17, 15) is 0 Å². The molecule has 0 aliphatic heterocycles. The molecule has 0 unspecified atom stereocenters. The number of nitrogens with one attached hydrogen (secondary N) is 2. The largest absolute Gasteiger partial charge is 0.278 e. The second-order valence-electron chi connectivity index (χ2n) is 6.73. The van der Waals surface area contributed by atoms with Crippen LogP contribution in [-0.2, 0) is 12.8 Å². The molecule has 0 spiro atoms. The number of hydrogen-bond acceptors (Lipinski definition) is 3. The molecule has 5 nitrogen and oxygen atoms in total. The third-order valence-electron chi connectivity index (χ3n) is 5.25. The molecule has 1 aliphatic carbocycles. The molecule has 1 aliphatic rings. The van der Waals surface area contributed by atoms with Gasteiger partial charge in [-0.3, -0.25) is 10.2 Å². The third kappa shape index (κ3) is 2.28. The average molecular weight is 341 g/mol. The topological polar surface area (TPSA) is 70.2 Å². The first-order chi connectivity index (χ1) is 12.8. The normalized spacial score (nSPS) is 14.3. The Bertz CT molecular complexity index is 1160. The number of fused-ring (bicyclic) bond motifs is 5. The van der Waals surface area contributed by atoms with Gasteiger partial charge in [-0.05, 0) is 67.2 Å². The third-order valence-corrected chi connectivity index (χ3v) is 5.25. The lowest BCUT2D eigenvalue weighted by Crippen LogP contribution is -2.07. The monoisotopic (exact) mass is 341 g/mol. The molecule has 2 N–H and O–H groups in total. The Balaban J connectivity index is 1.73. The van der Waals surface area contributed by atoms with E-state index in [-0.39, 0.29) is 0 Å². The highest BCUT2D eigenvalue weighted by Gasteiger charge is 2.19. The van der Waals surface area contributed by atoms with Gasteiger partial charge < -0.3 is 0 Å². The van der Waals surface area contributed by atoms with E-state index >= 15 is 0 Å². The van der Waals surface area contributed by atoms with Crippen LogP contribution in [0.25, 0.3) is 40.0 Å². The van der Waals surface area contributed by atoms with Gasteiger partial charge in [0.25, 0.3) is 0 Å². The van der Waals surface area contributed by atoms with Crippen molar-refractivity contribution in [1.82, 2.24) is 25.4 Å². The number of rotatable bonds is 3. The Labute approximate surface area is 150 Å². The minimum absolute atomic E-state index is 0.927. The van der Waals surface area contributed by atoms with Gasteiger partial charge in [0.05, 0.1) is 34.8 Å². The number of pyridine rings is 1. The maximum Gasteiger partial charge on any atom is 0.0720 e. The van der Waals surface area contributed by atoms with Crippen LogP contribution in [0.4, 0.5) is 0 Å². The summed E-state index contributed by atoms with van der Waals surface area (Å²) in [7, 11) is 0. The van der Waals surface area contributed by atoms with Crippen LogP contribution in [0.5, 0.6) is 0 Å². The van der Waals surface area contributed by atoms with E-state index in [4.69, 9.17) is 4.98 Å². The van der Waals surface area contributed by atoms with E-state index < -0.39 is 0 Å². The van der Waals surface area contributed by atoms with Gasteiger partial charge in [0.1, 0.15) is 0 Å². The minimum Gasteiger partial charge on any atom is -0.278 e. The molecule has 4 aromatic rings. The van der Waals surface area contributed by atoms with Gasteiger partial charge in [-0.15, -0.1) is 0 Å². The molecular formula is C21H19N5. The van der Waals surface area contributed by atoms with E-state index in [1.54, 1.807) is 6.08 Å². The average Bonchev–Trinajstić information content (AvgIpc) is 3.34. The Morgan fingerprint density at radius 2 is 1.81 bits per heavy atom. The van der Waals surface area contributed by atoms with Gasteiger partial charge in [-0.1, -0.05) is 6.58 Å². The Kier molecular flexibility index (Phi) is 3.45. The fourth-order valence-corrected chi connectivity index (χ4v) is 3.99. The summed E-state index contributed by atoms with van der Waals surface area (Å²) < 4.78 is 0. The fourth-order valence-electron chi connectivity index (χ4n) is 3.99. The SMILES string of the molecule is C=Cc1[nH]ncc1/C=C/c1nc2ccc3[nH]ncc3c2c2c1CCCC2. The molecule has 5 rings (SSSR count). The van der Waals surface area contributed by atoms with E-state index in [2.05, 4.69) is 51.3 Å². The molecule has 3 aromatic heterocycles. The summed E-state index contributed by atoms with van der Waals surface area (Å²) in [5.41, 5.74) is 7.93. The minimum atomic E-state index is 0.927. The lowest BCUT2D eigenvalue weighted by atomic mass is 9.87. The number of hydrogen-bond donors (Lipinski definition) is 2. The quantitative estimate of drug-likeness (QED) is 0.575. The zero-order chi connectivity index (χ0) is 17.5. The Hall–Kier alpha value is -3.21. The highest BCUT2D eigenvalue weighted by molar-refractivity contribution is 6.07. The van der Waals surface area contributed by atoms with Crippen LogP contribution in [0.3, 0.4) is 0 Å². The summed E-state index contributed by atoms with van der Waals surface area (Å²) in [6.07, 6.45) is 14.3. The van der Waals surface area contributed by atoms with Crippen molar-refractivity contribution in [3.8, 4) is 0 Å². The van der Waals surface area contributed by atoms with Crippen molar-refractivity contribution in [2.45, 2.75) is 25.7 Å². The number of nitrogens with zero attached hydrogens (tertiary/aromatic N) is 3. The van der Waals surface area contributed by atoms with Crippen LogP contribution in [0.1, 0.15) is 40.9 Å². The summed E-state index contributed by atoms with van der Waals surface area (Å²) in [4.78, 5) is 4.99. The van der Waals surface area contributed by atoms with Gasteiger partial charge in [0.15, 0.2) is 0 Å². The standard InChI is InChI=1S/C21H19N5/c1-2-17-13(11-22-25-17)7-8-18-14-5-3-4-6-15(14)21-16-12-23-26-19(16)9-10-20(21)24-18/h2,7-12H,1,3-6H2,(H,22,25)(H,23,26)/b8-7+.